The molecule has 0 fully saturated rings. The van der Waals surface area contributed by atoms with E-state index < -0.39 is 28.0 Å². The maximum Gasteiger partial charge on any atom is 0.417 e. The molecular formula is C25H26N4O6S. The van der Waals surface area contributed by atoms with Crippen LogP contribution in [0.1, 0.15) is 16.9 Å². The SMILES string of the molecule is CN(CCS(C)(=O)=O)Cc1ccc(OC(=O)N[C@H]2N=C(c3ccccc3)c3ccccc3NC2=O)o1. The summed E-state index contributed by atoms with van der Waals surface area (Å²) in [5.41, 5.74) is 2.65. The van der Waals surface area contributed by atoms with Gasteiger partial charge in [-0.1, -0.05) is 48.5 Å². The van der Waals surface area contributed by atoms with Crippen LogP contribution >= 0.6 is 0 Å². The molecule has 2 heterocycles. The zero-order valence-electron chi connectivity index (χ0n) is 19.8. The second-order valence-electron chi connectivity index (χ2n) is 8.40. The molecule has 1 aliphatic heterocycles. The molecule has 11 heteroatoms. The number of anilines is 1. The molecule has 2 aromatic carbocycles. The molecular weight excluding hydrogens is 484 g/mol. The first-order valence-corrected chi connectivity index (χ1v) is 13.2. The second-order valence-corrected chi connectivity index (χ2v) is 10.7. The number of para-hydroxylation sites is 1. The van der Waals surface area contributed by atoms with Gasteiger partial charge < -0.3 is 14.5 Å². The maximum atomic E-state index is 12.8. The number of nitrogens with one attached hydrogen (secondary N) is 2. The van der Waals surface area contributed by atoms with Crippen LogP contribution in [-0.4, -0.2) is 62.8 Å². The lowest BCUT2D eigenvalue weighted by atomic mass is 10.0. The molecule has 2 N–H and O–H groups in total. The quantitative estimate of drug-likeness (QED) is 0.476. The van der Waals surface area contributed by atoms with Crippen LogP contribution in [0.3, 0.4) is 0 Å². The van der Waals surface area contributed by atoms with Gasteiger partial charge >= 0.3 is 6.09 Å². The molecule has 0 bridgehead atoms. The number of amides is 2. The van der Waals surface area contributed by atoms with Crippen LogP contribution in [0, 0.1) is 0 Å². The number of ether oxygens (including phenoxy) is 1. The number of nitrogens with zero attached hydrogens (tertiary/aromatic N) is 2. The fourth-order valence-corrected chi connectivity index (χ4v) is 4.22. The van der Waals surface area contributed by atoms with E-state index in [0.717, 1.165) is 11.1 Å². The zero-order chi connectivity index (χ0) is 25.7. The summed E-state index contributed by atoms with van der Waals surface area (Å²) in [7, 11) is -1.32. The first-order chi connectivity index (χ1) is 17.2. The molecule has 0 unspecified atom stereocenters. The molecule has 1 atom stereocenters. The Kier molecular flexibility index (Phi) is 7.51. The zero-order valence-corrected chi connectivity index (χ0v) is 20.6. The summed E-state index contributed by atoms with van der Waals surface area (Å²) >= 11 is 0. The number of furan rings is 1. The van der Waals surface area contributed by atoms with Crippen molar-refractivity contribution in [3.8, 4) is 5.95 Å². The summed E-state index contributed by atoms with van der Waals surface area (Å²) in [5.74, 6) is -0.0724. The van der Waals surface area contributed by atoms with Gasteiger partial charge in [0.05, 0.1) is 23.7 Å². The van der Waals surface area contributed by atoms with Gasteiger partial charge in [0.2, 0.25) is 6.17 Å². The highest BCUT2D eigenvalue weighted by Gasteiger charge is 2.28. The average Bonchev–Trinajstić information content (AvgIpc) is 3.21. The molecule has 0 spiro atoms. The van der Waals surface area contributed by atoms with Crippen molar-refractivity contribution in [2.75, 3.05) is 30.9 Å². The molecule has 188 valence electrons. The number of fused-ring (bicyclic) bond motifs is 1. The van der Waals surface area contributed by atoms with E-state index in [1.165, 1.54) is 12.3 Å². The number of hydrogen-bond acceptors (Lipinski definition) is 8. The standard InChI is InChI=1S/C25H26N4O6S/c1-29(14-15-36(2,32)33)16-18-12-13-21(34-18)35-25(31)28-23-24(30)26-20-11-7-6-10-19(20)22(27-23)17-8-4-3-5-9-17/h3-13,23H,14-16H2,1-2H3,(H,26,30)(H,28,31)/t23-/m1/s1. The predicted octanol–water partition coefficient (Wildman–Crippen LogP) is 2.66. The molecule has 1 aliphatic rings. The van der Waals surface area contributed by atoms with Gasteiger partial charge in [0.25, 0.3) is 11.9 Å². The lowest BCUT2D eigenvalue weighted by Gasteiger charge is -2.14. The van der Waals surface area contributed by atoms with Crippen LogP contribution in [0.15, 0.2) is 76.1 Å². The minimum atomic E-state index is -3.08. The van der Waals surface area contributed by atoms with E-state index >= 15 is 0 Å². The Morgan fingerprint density at radius 3 is 2.58 bits per heavy atom. The molecule has 36 heavy (non-hydrogen) atoms. The molecule has 0 saturated carbocycles. The highest BCUT2D eigenvalue weighted by atomic mass is 32.2. The molecule has 0 saturated heterocycles. The number of benzene rings is 2. The van der Waals surface area contributed by atoms with Gasteiger partial charge in [-0.25, -0.2) is 18.2 Å². The van der Waals surface area contributed by atoms with Crippen LogP contribution in [-0.2, 0) is 21.2 Å². The van der Waals surface area contributed by atoms with Crippen LogP contribution in [0.2, 0.25) is 0 Å². The van der Waals surface area contributed by atoms with Crippen molar-refractivity contribution in [3.63, 3.8) is 0 Å². The first-order valence-electron chi connectivity index (χ1n) is 11.1. The van der Waals surface area contributed by atoms with Crippen molar-refractivity contribution in [2.24, 2.45) is 4.99 Å². The Labute approximate surface area is 208 Å². The lowest BCUT2D eigenvalue weighted by molar-refractivity contribution is -0.117. The summed E-state index contributed by atoms with van der Waals surface area (Å²) in [6.45, 7) is 0.658. The number of carbonyl (C=O) groups excluding carboxylic acids is 2. The predicted molar refractivity (Wildman–Crippen MR) is 135 cm³/mol. The smallest absolute Gasteiger partial charge is 0.417 e. The molecule has 0 aliphatic carbocycles. The first kappa shape index (κ1) is 25.1. The van der Waals surface area contributed by atoms with Crippen molar-refractivity contribution in [2.45, 2.75) is 12.7 Å². The van der Waals surface area contributed by atoms with Crippen molar-refractivity contribution >= 4 is 33.2 Å². The van der Waals surface area contributed by atoms with Gasteiger partial charge in [0.1, 0.15) is 15.6 Å². The summed E-state index contributed by atoms with van der Waals surface area (Å²) in [5, 5.41) is 5.27. The van der Waals surface area contributed by atoms with Gasteiger partial charge in [-0.3, -0.25) is 15.0 Å². The third-order valence-corrected chi connectivity index (χ3v) is 6.27. The number of sulfone groups is 1. The van der Waals surface area contributed by atoms with Crippen LogP contribution < -0.4 is 15.4 Å². The van der Waals surface area contributed by atoms with Gasteiger partial charge in [0.15, 0.2) is 0 Å². The van der Waals surface area contributed by atoms with Crippen LogP contribution in [0.25, 0.3) is 0 Å². The topological polar surface area (TPSA) is 130 Å². The number of benzodiazepines with no additional fused rings is 1. The summed E-state index contributed by atoms with van der Waals surface area (Å²) in [4.78, 5) is 31.7. The van der Waals surface area contributed by atoms with Gasteiger partial charge in [0, 0.05) is 30.0 Å². The van der Waals surface area contributed by atoms with Crippen LogP contribution in [0.5, 0.6) is 5.95 Å². The van der Waals surface area contributed by atoms with E-state index in [1.807, 2.05) is 42.5 Å². The van der Waals surface area contributed by atoms with Crippen LogP contribution in [0.4, 0.5) is 10.5 Å². The highest BCUT2D eigenvalue weighted by Crippen LogP contribution is 2.24. The lowest BCUT2D eigenvalue weighted by Crippen LogP contribution is -2.43. The highest BCUT2D eigenvalue weighted by molar-refractivity contribution is 7.90. The number of aliphatic imine (C=N–C) groups is 1. The van der Waals surface area contributed by atoms with Gasteiger partial charge in [-0.05, 0) is 19.2 Å². The fraction of sp³-hybridized carbons (Fsp3) is 0.240. The fourth-order valence-electron chi connectivity index (χ4n) is 3.58. The normalized spacial score (nSPS) is 15.5. The molecule has 1 aromatic heterocycles. The van der Waals surface area contributed by atoms with E-state index in [-0.39, 0.29) is 11.7 Å². The molecule has 10 nitrogen and oxygen atoms in total. The summed E-state index contributed by atoms with van der Waals surface area (Å²) in [6.07, 6.45) is -0.974. The number of hydrogen-bond donors (Lipinski definition) is 2. The Morgan fingerprint density at radius 1 is 1.11 bits per heavy atom. The van der Waals surface area contributed by atoms with E-state index in [4.69, 9.17) is 9.15 Å². The second kappa shape index (κ2) is 10.8. The minimum absolute atomic E-state index is 0.0226. The minimum Gasteiger partial charge on any atom is -0.429 e. The Hall–Kier alpha value is -3.96. The van der Waals surface area contributed by atoms with Crippen molar-refractivity contribution < 1.29 is 27.2 Å². The van der Waals surface area contributed by atoms with Gasteiger partial charge in [-0.15, -0.1) is 0 Å². The Bertz CT molecular complexity index is 1380. The molecule has 2 amide bonds. The summed E-state index contributed by atoms with van der Waals surface area (Å²) in [6, 6.07) is 19.7. The van der Waals surface area contributed by atoms with E-state index in [9.17, 15) is 18.0 Å². The number of carbonyl (C=O) groups is 2. The third kappa shape index (κ3) is 6.58. The van der Waals surface area contributed by atoms with E-state index in [1.54, 1.807) is 30.1 Å². The van der Waals surface area contributed by atoms with E-state index in [0.29, 0.717) is 30.2 Å². The third-order valence-electron chi connectivity index (χ3n) is 5.35. The molecule has 4 rings (SSSR count). The maximum absolute atomic E-state index is 12.8. The largest absolute Gasteiger partial charge is 0.429 e. The Morgan fingerprint density at radius 2 is 1.83 bits per heavy atom. The number of rotatable bonds is 8. The Balaban J connectivity index is 1.45. The monoisotopic (exact) mass is 510 g/mol. The molecule has 0 radical (unpaired) electrons. The van der Waals surface area contributed by atoms with Crippen molar-refractivity contribution in [1.82, 2.24) is 10.2 Å². The average molecular weight is 511 g/mol. The van der Waals surface area contributed by atoms with Crippen molar-refractivity contribution in [3.05, 3.63) is 83.6 Å². The van der Waals surface area contributed by atoms with Gasteiger partial charge in [-0.2, -0.15) is 0 Å². The summed E-state index contributed by atoms with van der Waals surface area (Å²) < 4.78 is 33.4. The van der Waals surface area contributed by atoms with E-state index in [2.05, 4.69) is 15.6 Å². The van der Waals surface area contributed by atoms with Crippen molar-refractivity contribution in [1.29, 1.82) is 0 Å². The molecule has 3 aromatic rings.